The molecule has 0 spiro atoms. The molecule has 4 heterocycles. The number of phenolic OH excluding ortho intramolecular Hbond substituents is 1. The highest BCUT2D eigenvalue weighted by Crippen LogP contribution is 2.38. The van der Waals surface area contributed by atoms with Crippen LogP contribution in [0.1, 0.15) is 10.4 Å². The molecule has 3 aromatic heterocycles. The fraction of sp³-hybridized carbons (Fsp3) is 0.143. The lowest BCUT2D eigenvalue weighted by molar-refractivity contribution is 0.0746. The molecule has 1 amide bonds. The number of benzene rings is 2. The first-order chi connectivity index (χ1) is 17.7. The fourth-order valence-corrected chi connectivity index (χ4v) is 5.49. The van der Waals surface area contributed by atoms with Crippen LogP contribution in [0.25, 0.3) is 32.0 Å². The second-order valence-electron chi connectivity index (χ2n) is 8.64. The summed E-state index contributed by atoms with van der Waals surface area (Å²) in [5.74, 6) is 1.54. The van der Waals surface area contributed by atoms with Gasteiger partial charge in [0.25, 0.3) is 5.91 Å². The summed E-state index contributed by atoms with van der Waals surface area (Å²) in [4.78, 5) is 33.2. The number of pyridine rings is 1. The van der Waals surface area contributed by atoms with Crippen molar-refractivity contribution in [2.24, 2.45) is 0 Å². The molecular weight excluding hydrogens is 470 g/mol. The van der Waals surface area contributed by atoms with Gasteiger partial charge in [-0.3, -0.25) is 9.78 Å². The Balaban J connectivity index is 1.34. The van der Waals surface area contributed by atoms with Crippen molar-refractivity contribution in [2.45, 2.75) is 0 Å². The van der Waals surface area contributed by atoms with Gasteiger partial charge in [0.1, 0.15) is 16.4 Å². The van der Waals surface area contributed by atoms with Gasteiger partial charge in [-0.25, -0.2) is 9.97 Å². The fourth-order valence-electron chi connectivity index (χ4n) is 4.46. The van der Waals surface area contributed by atoms with Crippen LogP contribution in [0, 0.1) is 0 Å². The van der Waals surface area contributed by atoms with Crippen LogP contribution in [0.15, 0.2) is 85.2 Å². The molecule has 36 heavy (non-hydrogen) atoms. The molecule has 0 bridgehead atoms. The van der Waals surface area contributed by atoms with E-state index < -0.39 is 0 Å². The number of hydrogen-bond donors (Lipinski definition) is 1. The van der Waals surface area contributed by atoms with Crippen molar-refractivity contribution >= 4 is 33.3 Å². The van der Waals surface area contributed by atoms with E-state index in [1.54, 1.807) is 41.9 Å². The Morgan fingerprint density at radius 1 is 0.861 bits per heavy atom. The summed E-state index contributed by atoms with van der Waals surface area (Å²) >= 11 is 1.66. The highest BCUT2D eigenvalue weighted by Gasteiger charge is 2.26. The van der Waals surface area contributed by atoms with Crippen LogP contribution in [0.3, 0.4) is 0 Å². The number of phenols is 1. The highest BCUT2D eigenvalue weighted by atomic mass is 32.1. The first-order valence-corrected chi connectivity index (χ1v) is 12.6. The summed E-state index contributed by atoms with van der Waals surface area (Å²) in [5.41, 5.74) is 2.51. The average Bonchev–Trinajstić information content (AvgIpc) is 3.38. The molecule has 6 rings (SSSR count). The smallest absolute Gasteiger partial charge is 0.254 e. The zero-order valence-electron chi connectivity index (χ0n) is 19.4. The van der Waals surface area contributed by atoms with E-state index in [0.717, 1.165) is 32.0 Å². The number of piperazine rings is 1. The maximum atomic E-state index is 13.0. The lowest BCUT2D eigenvalue weighted by Crippen LogP contribution is -2.49. The Morgan fingerprint density at radius 2 is 1.67 bits per heavy atom. The maximum absolute atomic E-state index is 13.0. The van der Waals surface area contributed by atoms with E-state index in [1.807, 2.05) is 35.2 Å². The van der Waals surface area contributed by atoms with Crippen LogP contribution in [-0.4, -0.2) is 57.0 Å². The van der Waals surface area contributed by atoms with Gasteiger partial charge in [-0.15, -0.1) is 11.3 Å². The molecule has 1 aliphatic rings. The highest BCUT2D eigenvalue weighted by molar-refractivity contribution is 7.22. The number of fused-ring (bicyclic) bond motifs is 1. The van der Waals surface area contributed by atoms with Crippen LogP contribution in [-0.2, 0) is 0 Å². The normalized spacial score (nSPS) is 13.8. The monoisotopic (exact) mass is 493 g/mol. The number of nitrogens with zero attached hydrogens (tertiary/aromatic N) is 5. The summed E-state index contributed by atoms with van der Waals surface area (Å²) in [7, 11) is 0. The lowest BCUT2D eigenvalue weighted by Gasteiger charge is -2.35. The molecule has 1 N–H and O–H groups in total. The van der Waals surface area contributed by atoms with Gasteiger partial charge in [0.15, 0.2) is 5.82 Å². The van der Waals surface area contributed by atoms with E-state index in [2.05, 4.69) is 28.1 Å². The molecule has 2 aromatic carbocycles. The van der Waals surface area contributed by atoms with Gasteiger partial charge in [0, 0.05) is 54.6 Å². The predicted octanol–water partition coefficient (Wildman–Crippen LogP) is 5.09. The Labute approximate surface area is 212 Å². The number of amides is 1. The Kier molecular flexibility index (Phi) is 5.79. The van der Waals surface area contributed by atoms with Crippen molar-refractivity contribution in [1.29, 1.82) is 0 Å². The van der Waals surface area contributed by atoms with Crippen molar-refractivity contribution in [1.82, 2.24) is 19.9 Å². The third kappa shape index (κ3) is 4.27. The van der Waals surface area contributed by atoms with Gasteiger partial charge >= 0.3 is 0 Å². The predicted molar refractivity (Wildman–Crippen MR) is 142 cm³/mol. The minimum atomic E-state index is -0.0728. The number of rotatable bonds is 4. The quantitative estimate of drug-likeness (QED) is 0.376. The molecule has 5 aromatic rings. The number of anilines is 1. The molecular formula is C28H23N5O2S. The Morgan fingerprint density at radius 3 is 2.42 bits per heavy atom. The molecule has 0 unspecified atom stereocenters. The molecule has 7 nitrogen and oxygen atoms in total. The summed E-state index contributed by atoms with van der Waals surface area (Å²) in [6.07, 6.45) is 3.52. The van der Waals surface area contributed by atoms with Crippen molar-refractivity contribution < 1.29 is 9.90 Å². The number of hydrogen-bond acceptors (Lipinski definition) is 7. The van der Waals surface area contributed by atoms with Crippen LogP contribution in [0.5, 0.6) is 5.75 Å². The van der Waals surface area contributed by atoms with Crippen LogP contribution in [0.2, 0.25) is 0 Å². The zero-order valence-corrected chi connectivity index (χ0v) is 20.2. The minimum absolute atomic E-state index is 0.0728. The standard InChI is InChI=1S/C28H23N5O2S/c34-22-10-4-8-20(16-22)28(35)33-14-12-32(13-15-33)26-23-17-24(19-6-2-1-3-7-19)36-27(23)31-25(30-26)21-9-5-11-29-18-21/h1-11,16-18,34H,12-15H2. The van der Waals surface area contributed by atoms with E-state index >= 15 is 0 Å². The third-order valence-electron chi connectivity index (χ3n) is 6.31. The second kappa shape index (κ2) is 9.39. The molecule has 1 aliphatic heterocycles. The van der Waals surface area contributed by atoms with E-state index in [4.69, 9.17) is 9.97 Å². The molecule has 0 saturated carbocycles. The third-order valence-corrected chi connectivity index (χ3v) is 7.39. The summed E-state index contributed by atoms with van der Waals surface area (Å²) < 4.78 is 0. The average molecular weight is 494 g/mol. The van der Waals surface area contributed by atoms with Crippen LogP contribution >= 0.6 is 11.3 Å². The SMILES string of the molecule is O=C(c1cccc(O)c1)N1CCN(c2nc(-c3cccnc3)nc3sc(-c4ccccc4)cc23)CC1. The molecule has 0 atom stereocenters. The first-order valence-electron chi connectivity index (χ1n) is 11.8. The van der Waals surface area contributed by atoms with Crippen molar-refractivity contribution in [3.8, 4) is 27.6 Å². The Hall–Kier alpha value is -4.30. The molecule has 0 aliphatic carbocycles. The number of aromatic nitrogens is 3. The van der Waals surface area contributed by atoms with Gasteiger partial charge < -0.3 is 14.9 Å². The summed E-state index contributed by atoms with van der Waals surface area (Å²) in [6, 6.07) is 22.8. The van der Waals surface area contributed by atoms with Crippen molar-refractivity contribution in [3.05, 3.63) is 90.8 Å². The van der Waals surface area contributed by atoms with Gasteiger partial charge in [0.05, 0.1) is 5.39 Å². The van der Waals surface area contributed by atoms with Crippen molar-refractivity contribution in [3.63, 3.8) is 0 Å². The first kappa shape index (κ1) is 22.2. The number of thiophene rings is 1. The van der Waals surface area contributed by atoms with Gasteiger partial charge in [-0.05, 0) is 42.0 Å². The summed E-state index contributed by atoms with van der Waals surface area (Å²) in [5, 5.41) is 10.8. The van der Waals surface area contributed by atoms with Gasteiger partial charge in [-0.1, -0.05) is 36.4 Å². The molecule has 0 radical (unpaired) electrons. The Bertz CT molecular complexity index is 1530. The molecule has 1 fully saturated rings. The van der Waals surface area contributed by atoms with Gasteiger partial charge in [0.2, 0.25) is 0 Å². The zero-order chi connectivity index (χ0) is 24.5. The van der Waals surface area contributed by atoms with E-state index in [-0.39, 0.29) is 11.7 Å². The number of carbonyl (C=O) groups excluding carboxylic acids is 1. The minimum Gasteiger partial charge on any atom is -0.508 e. The largest absolute Gasteiger partial charge is 0.508 e. The van der Waals surface area contributed by atoms with E-state index in [0.29, 0.717) is 37.6 Å². The molecule has 8 heteroatoms. The summed E-state index contributed by atoms with van der Waals surface area (Å²) in [6.45, 7) is 2.44. The molecule has 178 valence electrons. The van der Waals surface area contributed by atoms with Gasteiger partial charge in [-0.2, -0.15) is 0 Å². The van der Waals surface area contributed by atoms with E-state index in [9.17, 15) is 9.90 Å². The van der Waals surface area contributed by atoms with Crippen LogP contribution < -0.4 is 4.90 Å². The number of aromatic hydroxyl groups is 1. The molecule has 1 saturated heterocycles. The van der Waals surface area contributed by atoms with E-state index in [1.165, 1.54) is 6.07 Å². The lowest BCUT2D eigenvalue weighted by atomic mass is 10.1. The topological polar surface area (TPSA) is 82.5 Å². The second-order valence-corrected chi connectivity index (χ2v) is 9.67. The van der Waals surface area contributed by atoms with Crippen LogP contribution in [0.4, 0.5) is 5.82 Å². The maximum Gasteiger partial charge on any atom is 0.254 e. The number of carbonyl (C=O) groups is 1. The van der Waals surface area contributed by atoms with Crippen molar-refractivity contribution in [2.75, 3.05) is 31.1 Å².